The molecular weight excluding hydrogens is 412 g/mol. The second kappa shape index (κ2) is 8.76. The maximum atomic E-state index is 4.40. The van der Waals surface area contributed by atoms with E-state index in [0.29, 0.717) is 0 Å². The molecule has 2 nitrogen and oxygen atoms in total. The van der Waals surface area contributed by atoms with Gasteiger partial charge >= 0.3 is 0 Å². The van der Waals surface area contributed by atoms with Gasteiger partial charge in [-0.3, -0.25) is 0 Å². The fourth-order valence-corrected chi connectivity index (χ4v) is 4.29. The molecule has 0 saturated heterocycles. The van der Waals surface area contributed by atoms with Crippen LogP contribution >= 0.6 is 0 Å². The van der Waals surface area contributed by atoms with Gasteiger partial charge in [0.25, 0.3) is 0 Å². The zero-order valence-electron chi connectivity index (χ0n) is 18.6. The number of benzene rings is 4. The standard InChI is InChI=1S/C32H22N2/c1-2-6-28-20-25(19-27(28)5-1)17-23-9-13-31(14-10-23)33-34-32-15-11-24(12-16-32)18-26-21-29-7-3-4-8-30(29)22-26/h1-22H. The Balaban J connectivity index is 1.14. The lowest BCUT2D eigenvalue weighted by molar-refractivity contribution is 1.23. The third kappa shape index (κ3) is 4.35. The van der Waals surface area contributed by atoms with Crippen LogP contribution in [0.3, 0.4) is 0 Å². The zero-order chi connectivity index (χ0) is 22.7. The van der Waals surface area contributed by atoms with E-state index < -0.39 is 0 Å². The van der Waals surface area contributed by atoms with E-state index in [-0.39, 0.29) is 0 Å². The van der Waals surface area contributed by atoms with Crippen LogP contribution in [-0.2, 0) is 0 Å². The van der Waals surface area contributed by atoms with Gasteiger partial charge in [0.15, 0.2) is 0 Å². The van der Waals surface area contributed by atoms with E-state index in [0.717, 1.165) is 22.5 Å². The minimum Gasteiger partial charge on any atom is -0.151 e. The average Bonchev–Trinajstić information content (AvgIpc) is 3.47. The molecule has 2 aliphatic rings. The Hall–Kier alpha value is -4.56. The highest BCUT2D eigenvalue weighted by Gasteiger charge is 2.00. The largest absolute Gasteiger partial charge is 0.151 e. The average molecular weight is 435 g/mol. The van der Waals surface area contributed by atoms with Crippen molar-refractivity contribution in [2.75, 3.05) is 0 Å². The van der Waals surface area contributed by atoms with E-state index in [9.17, 15) is 0 Å². The van der Waals surface area contributed by atoms with Crippen LogP contribution in [0, 0.1) is 0 Å². The van der Waals surface area contributed by atoms with Crippen molar-refractivity contribution in [1.29, 1.82) is 0 Å². The summed E-state index contributed by atoms with van der Waals surface area (Å²) in [6.07, 6.45) is 13.2. The van der Waals surface area contributed by atoms with Crippen molar-refractivity contribution in [3.05, 3.63) is 140 Å². The molecule has 4 aromatic rings. The Morgan fingerprint density at radius 2 is 0.706 bits per heavy atom. The summed E-state index contributed by atoms with van der Waals surface area (Å²) in [5.41, 5.74) is 6.39. The first-order valence-electron chi connectivity index (χ1n) is 11.4. The van der Waals surface area contributed by atoms with E-state index >= 15 is 0 Å². The van der Waals surface area contributed by atoms with E-state index in [1.165, 1.54) is 32.0 Å². The molecule has 0 aliphatic heterocycles. The molecule has 0 N–H and O–H groups in total. The number of fused-ring (bicyclic) bond motifs is 2. The van der Waals surface area contributed by atoms with Crippen molar-refractivity contribution in [3.8, 4) is 0 Å². The molecule has 0 spiro atoms. The van der Waals surface area contributed by atoms with E-state index in [1.807, 2.05) is 24.3 Å². The van der Waals surface area contributed by atoms with Gasteiger partial charge in [0.2, 0.25) is 0 Å². The lowest BCUT2D eigenvalue weighted by Gasteiger charge is -1.98. The summed E-state index contributed by atoms with van der Waals surface area (Å²) in [5.74, 6) is 0. The second-order valence-corrected chi connectivity index (χ2v) is 8.51. The van der Waals surface area contributed by atoms with Crippen LogP contribution in [0.1, 0.15) is 11.1 Å². The molecule has 2 aliphatic carbocycles. The van der Waals surface area contributed by atoms with Gasteiger partial charge in [-0.2, -0.15) is 10.2 Å². The lowest BCUT2D eigenvalue weighted by Crippen LogP contribution is -2.19. The highest BCUT2D eigenvalue weighted by Crippen LogP contribution is 2.21. The SMILES string of the molecule is C(=C1C=c2ccccc2=C1)c1ccc(N=Nc2ccc(C=C3C=c4ccccc4=C3)cc2)cc1. The summed E-state index contributed by atoms with van der Waals surface area (Å²) in [5, 5.41) is 13.9. The highest BCUT2D eigenvalue weighted by atomic mass is 15.1. The molecule has 0 heterocycles. The molecule has 0 radical (unpaired) electrons. The molecule has 0 atom stereocenters. The van der Waals surface area contributed by atoms with Gasteiger partial charge in [-0.05, 0) is 104 Å². The monoisotopic (exact) mass is 434 g/mol. The van der Waals surface area contributed by atoms with Crippen LogP contribution in [0.15, 0.2) is 118 Å². The summed E-state index contributed by atoms with van der Waals surface area (Å²) in [4.78, 5) is 0. The van der Waals surface area contributed by atoms with E-state index in [4.69, 9.17) is 0 Å². The summed E-state index contributed by atoms with van der Waals surface area (Å²) < 4.78 is 0. The van der Waals surface area contributed by atoms with E-state index in [2.05, 4.69) is 119 Å². The van der Waals surface area contributed by atoms with Gasteiger partial charge in [0, 0.05) is 0 Å². The summed E-state index contributed by atoms with van der Waals surface area (Å²) in [6, 6.07) is 33.2. The zero-order valence-corrected chi connectivity index (χ0v) is 18.6. The predicted octanol–water partition coefficient (Wildman–Crippen LogP) is 5.42. The third-order valence-corrected chi connectivity index (χ3v) is 6.01. The molecule has 0 saturated carbocycles. The Morgan fingerprint density at radius 1 is 0.382 bits per heavy atom. The summed E-state index contributed by atoms with van der Waals surface area (Å²) in [7, 11) is 0. The fourth-order valence-electron chi connectivity index (χ4n) is 4.29. The Kier molecular flexibility index (Phi) is 5.17. The van der Waals surface area contributed by atoms with Crippen molar-refractivity contribution in [3.63, 3.8) is 0 Å². The first-order chi connectivity index (χ1) is 16.8. The number of hydrogen-bond donors (Lipinski definition) is 0. The maximum Gasteiger partial charge on any atom is 0.0857 e. The molecule has 34 heavy (non-hydrogen) atoms. The first-order valence-corrected chi connectivity index (χ1v) is 11.4. The van der Waals surface area contributed by atoms with Gasteiger partial charge in [0.05, 0.1) is 11.4 Å². The summed E-state index contributed by atoms with van der Waals surface area (Å²) in [6.45, 7) is 0. The Bertz CT molecular complexity index is 1510. The number of azo groups is 1. The molecule has 0 fully saturated rings. The molecule has 2 heteroatoms. The molecule has 160 valence electrons. The van der Waals surface area contributed by atoms with Crippen molar-refractivity contribution < 1.29 is 0 Å². The van der Waals surface area contributed by atoms with Crippen LogP contribution in [0.25, 0.3) is 36.5 Å². The van der Waals surface area contributed by atoms with Crippen LogP contribution in [0.4, 0.5) is 11.4 Å². The van der Waals surface area contributed by atoms with Gasteiger partial charge in [-0.15, -0.1) is 0 Å². The van der Waals surface area contributed by atoms with Crippen molar-refractivity contribution in [2.24, 2.45) is 10.2 Å². The minimum absolute atomic E-state index is 0.837. The van der Waals surface area contributed by atoms with Crippen molar-refractivity contribution >= 4 is 47.8 Å². The number of nitrogens with zero attached hydrogens (tertiary/aromatic N) is 2. The molecule has 0 unspecified atom stereocenters. The van der Waals surface area contributed by atoms with E-state index in [1.54, 1.807) is 0 Å². The molecule has 4 aromatic carbocycles. The molecule has 0 amide bonds. The van der Waals surface area contributed by atoms with Gasteiger partial charge in [-0.25, -0.2) is 0 Å². The van der Waals surface area contributed by atoms with Crippen molar-refractivity contribution in [1.82, 2.24) is 0 Å². The number of rotatable bonds is 4. The predicted molar refractivity (Wildman–Crippen MR) is 142 cm³/mol. The summed E-state index contributed by atoms with van der Waals surface area (Å²) >= 11 is 0. The van der Waals surface area contributed by atoms with Gasteiger partial charge in [-0.1, -0.05) is 72.8 Å². The first kappa shape index (κ1) is 20.1. The second-order valence-electron chi connectivity index (χ2n) is 8.51. The molecular formula is C32H22N2. The highest BCUT2D eigenvalue weighted by molar-refractivity contribution is 5.82. The van der Waals surface area contributed by atoms with Crippen LogP contribution < -0.4 is 20.9 Å². The Labute approximate surface area is 198 Å². The number of allylic oxidation sites excluding steroid dienone is 2. The lowest BCUT2D eigenvalue weighted by atomic mass is 10.1. The van der Waals surface area contributed by atoms with Crippen LogP contribution in [-0.4, -0.2) is 0 Å². The van der Waals surface area contributed by atoms with Crippen molar-refractivity contribution in [2.45, 2.75) is 0 Å². The molecule has 6 rings (SSSR count). The Morgan fingerprint density at radius 3 is 1.03 bits per heavy atom. The maximum absolute atomic E-state index is 4.40. The molecule has 0 aromatic heterocycles. The fraction of sp³-hybridized carbons (Fsp3) is 0. The molecule has 0 bridgehead atoms. The quantitative estimate of drug-likeness (QED) is 0.383. The topological polar surface area (TPSA) is 24.7 Å². The normalized spacial score (nSPS) is 13.4. The minimum atomic E-state index is 0.837. The smallest absolute Gasteiger partial charge is 0.0857 e. The van der Waals surface area contributed by atoms with Crippen LogP contribution in [0.2, 0.25) is 0 Å². The third-order valence-electron chi connectivity index (χ3n) is 6.01. The number of hydrogen-bond acceptors (Lipinski definition) is 2. The van der Waals surface area contributed by atoms with Gasteiger partial charge < -0.3 is 0 Å². The van der Waals surface area contributed by atoms with Crippen LogP contribution in [0.5, 0.6) is 0 Å². The van der Waals surface area contributed by atoms with Gasteiger partial charge in [0.1, 0.15) is 0 Å².